The van der Waals surface area contributed by atoms with Gasteiger partial charge in [0.25, 0.3) is 15.9 Å². The molecule has 186 valence electrons. The van der Waals surface area contributed by atoms with Crippen LogP contribution in [-0.2, 0) is 19.6 Å². The standard InChI is InChI=1S/C23H24ClN3O7S/c24-15-3-6-18-17(11-15)26-23(34-18)13-1-4-16(5-2-13)25-22(29)19-7-8-20(33-19)35(30,31)27-21(28)14-9-10-32-12-14/h3,6-8,11,13-14,16H,1-2,4-5,9-10,12H2,(H,25,29)(H,27,28)/t13-,14?,16-. The van der Waals surface area contributed by atoms with Gasteiger partial charge in [-0.05, 0) is 62.4 Å². The number of fused-ring (bicyclic) bond motifs is 1. The molecule has 1 unspecified atom stereocenters. The van der Waals surface area contributed by atoms with E-state index in [1.54, 1.807) is 18.2 Å². The first kappa shape index (κ1) is 23.8. The minimum atomic E-state index is -4.22. The van der Waals surface area contributed by atoms with Crippen LogP contribution in [0.1, 0.15) is 54.5 Å². The SMILES string of the molecule is O=C(N[C@H]1CC[C@H](c2nc3cc(Cl)ccc3o2)CC1)c1ccc(S(=O)(=O)NC(=O)C2CCOC2)o1. The van der Waals surface area contributed by atoms with Crippen molar-refractivity contribution in [2.75, 3.05) is 13.2 Å². The maximum atomic E-state index is 12.6. The maximum Gasteiger partial charge on any atom is 0.297 e. The first-order valence-electron chi connectivity index (χ1n) is 11.4. The third-order valence-electron chi connectivity index (χ3n) is 6.38. The molecular formula is C23H24ClN3O7S. The molecule has 0 spiro atoms. The number of rotatable bonds is 6. The predicted octanol–water partition coefficient (Wildman–Crippen LogP) is 3.37. The maximum absolute atomic E-state index is 12.6. The topological polar surface area (TPSA) is 141 Å². The Morgan fingerprint density at radius 2 is 1.83 bits per heavy atom. The van der Waals surface area contributed by atoms with Gasteiger partial charge in [-0.15, -0.1) is 0 Å². The number of nitrogens with one attached hydrogen (secondary N) is 2. The number of aromatic nitrogens is 1. The number of ether oxygens (including phenoxy) is 1. The minimum absolute atomic E-state index is 0.0928. The van der Waals surface area contributed by atoms with Gasteiger partial charge in [-0.25, -0.2) is 9.71 Å². The highest BCUT2D eigenvalue weighted by atomic mass is 35.5. The molecule has 2 N–H and O–H groups in total. The van der Waals surface area contributed by atoms with Gasteiger partial charge in [0, 0.05) is 23.6 Å². The summed E-state index contributed by atoms with van der Waals surface area (Å²) in [4.78, 5) is 29.3. The van der Waals surface area contributed by atoms with E-state index in [0.717, 1.165) is 24.4 Å². The highest BCUT2D eigenvalue weighted by Gasteiger charge is 2.31. The number of nitrogens with zero attached hydrogens (tertiary/aromatic N) is 1. The van der Waals surface area contributed by atoms with E-state index in [4.69, 9.17) is 25.2 Å². The lowest BCUT2D eigenvalue weighted by atomic mass is 9.86. The third kappa shape index (κ3) is 5.21. The molecule has 12 heteroatoms. The van der Waals surface area contributed by atoms with E-state index in [1.807, 2.05) is 4.72 Å². The fraction of sp³-hybridized carbons (Fsp3) is 0.435. The lowest BCUT2D eigenvalue weighted by molar-refractivity contribution is -0.123. The summed E-state index contributed by atoms with van der Waals surface area (Å²) in [5.41, 5.74) is 1.41. The Hall–Kier alpha value is -2.89. The summed E-state index contributed by atoms with van der Waals surface area (Å²) in [6.45, 7) is 0.588. The number of halogens is 1. The van der Waals surface area contributed by atoms with E-state index in [1.165, 1.54) is 6.07 Å². The molecule has 35 heavy (non-hydrogen) atoms. The van der Waals surface area contributed by atoms with Crippen LogP contribution in [0.25, 0.3) is 11.1 Å². The predicted molar refractivity (Wildman–Crippen MR) is 124 cm³/mol. The van der Waals surface area contributed by atoms with Crippen molar-refractivity contribution in [3.05, 3.63) is 47.0 Å². The molecule has 1 aliphatic carbocycles. The average molecular weight is 522 g/mol. The highest BCUT2D eigenvalue weighted by Crippen LogP contribution is 2.34. The number of carbonyl (C=O) groups is 2. The number of oxazole rings is 1. The van der Waals surface area contributed by atoms with Gasteiger partial charge in [-0.3, -0.25) is 9.59 Å². The quantitative estimate of drug-likeness (QED) is 0.503. The van der Waals surface area contributed by atoms with Crippen molar-refractivity contribution in [2.24, 2.45) is 5.92 Å². The third-order valence-corrected chi connectivity index (χ3v) is 7.84. The summed E-state index contributed by atoms with van der Waals surface area (Å²) in [6, 6.07) is 7.67. The molecule has 0 bridgehead atoms. The molecule has 2 fully saturated rings. The van der Waals surface area contributed by atoms with Gasteiger partial charge in [-0.2, -0.15) is 8.42 Å². The molecule has 1 saturated heterocycles. The molecule has 1 aromatic carbocycles. The second-order valence-corrected chi connectivity index (χ2v) is 10.9. The Balaban J connectivity index is 1.16. The average Bonchev–Trinajstić information content (AvgIpc) is 3.59. The van der Waals surface area contributed by atoms with E-state index >= 15 is 0 Å². The Morgan fingerprint density at radius 1 is 1.03 bits per heavy atom. The summed E-state index contributed by atoms with van der Waals surface area (Å²) in [7, 11) is -4.22. The molecular weight excluding hydrogens is 498 g/mol. The molecule has 0 radical (unpaired) electrons. The van der Waals surface area contributed by atoms with Crippen LogP contribution in [0.4, 0.5) is 0 Å². The van der Waals surface area contributed by atoms with Crippen molar-refractivity contribution in [3.8, 4) is 0 Å². The molecule has 1 aliphatic heterocycles. The van der Waals surface area contributed by atoms with Gasteiger partial charge in [0.15, 0.2) is 17.2 Å². The normalized spacial score (nSPS) is 22.8. The number of sulfonamides is 1. The number of furan rings is 1. The van der Waals surface area contributed by atoms with E-state index in [-0.39, 0.29) is 24.3 Å². The van der Waals surface area contributed by atoms with E-state index in [0.29, 0.717) is 42.4 Å². The Kier molecular flexibility index (Phi) is 6.56. The fourth-order valence-corrected chi connectivity index (χ4v) is 5.57. The monoisotopic (exact) mass is 521 g/mol. The number of amides is 2. The Morgan fingerprint density at radius 3 is 2.57 bits per heavy atom. The first-order chi connectivity index (χ1) is 16.8. The van der Waals surface area contributed by atoms with Gasteiger partial charge >= 0.3 is 0 Å². The van der Waals surface area contributed by atoms with Crippen molar-refractivity contribution in [1.29, 1.82) is 0 Å². The van der Waals surface area contributed by atoms with Crippen LogP contribution in [0.2, 0.25) is 5.02 Å². The molecule has 3 heterocycles. The Bertz CT molecular complexity index is 1350. The van der Waals surface area contributed by atoms with Crippen LogP contribution in [-0.4, -0.2) is 44.5 Å². The number of carbonyl (C=O) groups excluding carboxylic acids is 2. The zero-order valence-electron chi connectivity index (χ0n) is 18.7. The van der Waals surface area contributed by atoms with Gasteiger partial charge in [0.05, 0.1) is 12.5 Å². The number of hydrogen-bond donors (Lipinski definition) is 2. The van der Waals surface area contributed by atoms with Gasteiger partial charge < -0.3 is 18.9 Å². The Labute approximate surface area is 206 Å². The zero-order valence-corrected chi connectivity index (χ0v) is 20.2. The largest absolute Gasteiger partial charge is 0.440 e. The molecule has 2 amide bonds. The first-order valence-corrected chi connectivity index (χ1v) is 13.3. The van der Waals surface area contributed by atoms with Crippen LogP contribution < -0.4 is 10.0 Å². The van der Waals surface area contributed by atoms with Gasteiger partial charge in [-0.1, -0.05) is 11.6 Å². The molecule has 3 aromatic rings. The summed E-state index contributed by atoms with van der Waals surface area (Å²) in [6.07, 6.45) is 3.43. The smallest absolute Gasteiger partial charge is 0.297 e. The van der Waals surface area contributed by atoms with Crippen molar-refractivity contribution in [2.45, 2.75) is 49.2 Å². The second-order valence-electron chi connectivity index (χ2n) is 8.84. The molecule has 1 saturated carbocycles. The lowest BCUT2D eigenvalue weighted by Crippen LogP contribution is -2.37. The van der Waals surface area contributed by atoms with E-state index in [2.05, 4.69) is 10.3 Å². The van der Waals surface area contributed by atoms with E-state index < -0.39 is 32.8 Å². The van der Waals surface area contributed by atoms with Crippen molar-refractivity contribution in [1.82, 2.24) is 15.0 Å². The van der Waals surface area contributed by atoms with Crippen molar-refractivity contribution < 1.29 is 31.6 Å². The summed E-state index contributed by atoms with van der Waals surface area (Å²) in [5, 5.41) is 3.00. The van der Waals surface area contributed by atoms with Crippen molar-refractivity contribution in [3.63, 3.8) is 0 Å². The van der Waals surface area contributed by atoms with Gasteiger partial charge in [0.2, 0.25) is 11.0 Å². The number of hydrogen-bond acceptors (Lipinski definition) is 8. The molecule has 1 atom stereocenters. The van der Waals surface area contributed by atoms with Crippen LogP contribution in [0, 0.1) is 5.92 Å². The van der Waals surface area contributed by atoms with E-state index in [9.17, 15) is 18.0 Å². The van der Waals surface area contributed by atoms with Crippen LogP contribution in [0.5, 0.6) is 0 Å². The zero-order chi connectivity index (χ0) is 24.6. The minimum Gasteiger partial charge on any atom is -0.440 e. The van der Waals surface area contributed by atoms with Crippen LogP contribution in [0.15, 0.2) is 44.3 Å². The number of benzene rings is 1. The molecule has 2 aliphatic rings. The lowest BCUT2D eigenvalue weighted by Gasteiger charge is -2.27. The van der Waals surface area contributed by atoms with Gasteiger partial charge in [0.1, 0.15) is 5.52 Å². The summed E-state index contributed by atoms with van der Waals surface area (Å²) >= 11 is 6.02. The molecule has 5 rings (SSSR count). The highest BCUT2D eigenvalue weighted by molar-refractivity contribution is 7.89. The summed E-state index contributed by atoms with van der Waals surface area (Å²) < 4.78 is 43.2. The fourth-order valence-electron chi connectivity index (χ4n) is 4.43. The van der Waals surface area contributed by atoms with Crippen LogP contribution in [0.3, 0.4) is 0 Å². The summed E-state index contributed by atoms with van der Waals surface area (Å²) in [5.74, 6) is -1.02. The molecule has 10 nitrogen and oxygen atoms in total. The van der Waals surface area contributed by atoms with Crippen LogP contribution >= 0.6 is 11.6 Å². The van der Waals surface area contributed by atoms with Crippen molar-refractivity contribution >= 4 is 44.5 Å². The second kappa shape index (κ2) is 9.63. The molecule has 2 aromatic heterocycles.